The molecule has 2 aliphatic carbocycles. The zero-order valence-electron chi connectivity index (χ0n) is 10.3. The fourth-order valence-electron chi connectivity index (χ4n) is 3.69. The molecule has 3 rings (SSSR count). The molecule has 2 fully saturated rings. The molecule has 0 aromatic heterocycles. The van der Waals surface area contributed by atoms with Crippen LogP contribution in [0.15, 0.2) is 30.3 Å². The summed E-state index contributed by atoms with van der Waals surface area (Å²) in [5.41, 5.74) is 1.34. The second-order valence-corrected chi connectivity index (χ2v) is 5.51. The molecule has 0 heterocycles. The third-order valence-electron chi connectivity index (χ3n) is 4.40. The molecule has 0 radical (unpaired) electrons. The van der Waals surface area contributed by atoms with Gasteiger partial charge in [-0.15, -0.1) is 0 Å². The van der Waals surface area contributed by atoms with Crippen LogP contribution in [-0.4, -0.2) is 23.8 Å². The average Bonchev–Trinajstić information content (AvgIpc) is 2.86. The lowest BCUT2D eigenvalue weighted by atomic mass is 10.00. The summed E-state index contributed by atoms with van der Waals surface area (Å²) in [6, 6.07) is 11.0. The monoisotopic (exact) mass is 229 g/mol. The van der Waals surface area contributed by atoms with Gasteiger partial charge in [-0.25, -0.2) is 0 Å². The molecule has 90 valence electrons. The first-order chi connectivity index (χ1) is 8.25. The lowest BCUT2D eigenvalue weighted by molar-refractivity contribution is -0.122. The van der Waals surface area contributed by atoms with Crippen LogP contribution in [0.25, 0.3) is 0 Å². The van der Waals surface area contributed by atoms with Gasteiger partial charge in [-0.05, 0) is 31.4 Å². The van der Waals surface area contributed by atoms with E-state index in [2.05, 4.69) is 36.2 Å². The summed E-state index contributed by atoms with van der Waals surface area (Å²) >= 11 is 0. The Hall–Kier alpha value is -1.15. The van der Waals surface area contributed by atoms with Crippen LogP contribution in [0.5, 0.6) is 0 Å². The topological polar surface area (TPSA) is 20.3 Å². The molecule has 2 saturated carbocycles. The highest BCUT2D eigenvalue weighted by molar-refractivity contribution is 5.85. The number of hydrogen-bond acceptors (Lipinski definition) is 2. The summed E-state index contributed by atoms with van der Waals surface area (Å²) in [4.78, 5) is 14.2. The van der Waals surface area contributed by atoms with E-state index in [-0.39, 0.29) is 0 Å². The summed E-state index contributed by atoms with van der Waals surface area (Å²) in [7, 11) is 2.17. The minimum atomic E-state index is 0.328. The molecule has 0 amide bonds. The highest BCUT2D eigenvalue weighted by Crippen LogP contribution is 2.44. The normalized spacial score (nSPS) is 31.4. The van der Waals surface area contributed by atoms with Gasteiger partial charge in [-0.3, -0.25) is 9.69 Å². The van der Waals surface area contributed by atoms with Crippen molar-refractivity contribution in [1.82, 2.24) is 4.90 Å². The van der Waals surface area contributed by atoms with E-state index in [4.69, 9.17) is 0 Å². The van der Waals surface area contributed by atoms with Gasteiger partial charge in [0.25, 0.3) is 0 Å². The number of hydrogen-bond donors (Lipinski definition) is 0. The van der Waals surface area contributed by atoms with Crippen LogP contribution >= 0.6 is 0 Å². The molecule has 0 saturated heterocycles. The Morgan fingerprint density at radius 2 is 2.00 bits per heavy atom. The number of rotatable bonds is 3. The Bertz CT molecular complexity index is 414. The van der Waals surface area contributed by atoms with E-state index in [1.165, 1.54) is 12.0 Å². The molecule has 2 heteroatoms. The maximum absolute atomic E-state index is 11.8. The lowest BCUT2D eigenvalue weighted by Crippen LogP contribution is -2.35. The van der Waals surface area contributed by atoms with Gasteiger partial charge in [0.1, 0.15) is 5.78 Å². The van der Waals surface area contributed by atoms with Crippen molar-refractivity contribution in [3.63, 3.8) is 0 Å². The Morgan fingerprint density at radius 3 is 2.59 bits per heavy atom. The summed E-state index contributed by atoms with van der Waals surface area (Å²) in [5, 5.41) is 0. The summed E-state index contributed by atoms with van der Waals surface area (Å²) in [6.07, 6.45) is 3.20. The van der Waals surface area contributed by atoms with E-state index < -0.39 is 0 Å². The molecule has 2 aliphatic rings. The van der Waals surface area contributed by atoms with Gasteiger partial charge < -0.3 is 0 Å². The highest BCUT2D eigenvalue weighted by atomic mass is 16.1. The Labute approximate surface area is 103 Å². The second kappa shape index (κ2) is 4.26. The van der Waals surface area contributed by atoms with Gasteiger partial charge in [0.2, 0.25) is 0 Å². The van der Waals surface area contributed by atoms with Crippen LogP contribution in [0.4, 0.5) is 0 Å². The largest absolute Gasteiger partial charge is 0.299 e. The minimum absolute atomic E-state index is 0.328. The number of ketones is 1. The molecular formula is C15H19NO. The van der Waals surface area contributed by atoms with Crippen molar-refractivity contribution in [2.24, 2.45) is 11.8 Å². The summed E-state index contributed by atoms with van der Waals surface area (Å²) < 4.78 is 0. The van der Waals surface area contributed by atoms with Gasteiger partial charge in [-0.2, -0.15) is 0 Å². The molecule has 0 aliphatic heterocycles. The highest BCUT2D eigenvalue weighted by Gasteiger charge is 2.48. The number of carbonyl (C=O) groups is 1. The number of Topliss-reactive ketones (excluding diaryl/α,β-unsaturated/α-hetero) is 1. The molecular weight excluding hydrogens is 210 g/mol. The molecule has 1 aromatic rings. The number of carbonyl (C=O) groups excluding carboxylic acids is 1. The average molecular weight is 229 g/mol. The van der Waals surface area contributed by atoms with Crippen LogP contribution < -0.4 is 0 Å². The molecule has 3 atom stereocenters. The minimum Gasteiger partial charge on any atom is -0.299 e. The molecule has 0 N–H and O–H groups in total. The zero-order chi connectivity index (χ0) is 11.8. The van der Waals surface area contributed by atoms with Crippen molar-refractivity contribution in [3.8, 4) is 0 Å². The van der Waals surface area contributed by atoms with Gasteiger partial charge in [0, 0.05) is 24.9 Å². The second-order valence-electron chi connectivity index (χ2n) is 5.51. The van der Waals surface area contributed by atoms with E-state index in [1.807, 2.05) is 6.07 Å². The maximum Gasteiger partial charge on any atom is 0.137 e. The Kier molecular flexibility index (Phi) is 2.75. The van der Waals surface area contributed by atoms with Gasteiger partial charge in [0.05, 0.1) is 0 Å². The molecule has 17 heavy (non-hydrogen) atoms. The van der Waals surface area contributed by atoms with Crippen molar-refractivity contribution in [1.29, 1.82) is 0 Å². The molecule has 0 unspecified atom stereocenters. The van der Waals surface area contributed by atoms with Crippen LogP contribution in [-0.2, 0) is 11.3 Å². The van der Waals surface area contributed by atoms with Crippen LogP contribution in [0, 0.1) is 11.8 Å². The fourth-order valence-corrected chi connectivity index (χ4v) is 3.69. The van der Waals surface area contributed by atoms with Crippen molar-refractivity contribution >= 4 is 5.78 Å². The molecule has 1 aromatic carbocycles. The summed E-state index contributed by atoms with van der Waals surface area (Å²) in [5.74, 6) is 1.46. The quantitative estimate of drug-likeness (QED) is 0.793. The van der Waals surface area contributed by atoms with Crippen molar-refractivity contribution in [2.45, 2.75) is 31.8 Å². The molecule has 2 nitrogen and oxygen atoms in total. The first kappa shape index (κ1) is 11.0. The lowest BCUT2D eigenvalue weighted by Gasteiger charge is -2.27. The van der Waals surface area contributed by atoms with E-state index in [9.17, 15) is 4.79 Å². The first-order valence-electron chi connectivity index (χ1n) is 6.52. The smallest absolute Gasteiger partial charge is 0.137 e. The van der Waals surface area contributed by atoms with Gasteiger partial charge in [-0.1, -0.05) is 30.3 Å². The maximum atomic E-state index is 11.8. The Morgan fingerprint density at radius 1 is 1.24 bits per heavy atom. The first-order valence-corrected chi connectivity index (χ1v) is 6.52. The standard InChI is InChI=1S/C15H19NO/c1-16(10-11-5-3-2-4-6-11)15-12-7-8-13(15)14(17)9-12/h2-6,12-13,15H,7-10H2,1H3/t12-,13+,15-/m0/s1. The summed E-state index contributed by atoms with van der Waals surface area (Å²) in [6.45, 7) is 0.964. The van der Waals surface area contributed by atoms with E-state index in [0.29, 0.717) is 23.7 Å². The van der Waals surface area contributed by atoms with Crippen molar-refractivity contribution in [2.75, 3.05) is 7.05 Å². The van der Waals surface area contributed by atoms with Gasteiger partial charge >= 0.3 is 0 Å². The third-order valence-corrected chi connectivity index (χ3v) is 4.40. The predicted octanol–water partition coefficient (Wildman–Crippen LogP) is 2.49. The number of nitrogens with zero attached hydrogens (tertiary/aromatic N) is 1. The molecule has 2 bridgehead atoms. The van der Waals surface area contributed by atoms with E-state index in [1.54, 1.807) is 0 Å². The van der Waals surface area contributed by atoms with Crippen molar-refractivity contribution in [3.05, 3.63) is 35.9 Å². The van der Waals surface area contributed by atoms with Gasteiger partial charge in [0.15, 0.2) is 0 Å². The third kappa shape index (κ3) is 1.91. The Balaban J connectivity index is 1.71. The van der Waals surface area contributed by atoms with Crippen LogP contribution in [0.1, 0.15) is 24.8 Å². The number of benzene rings is 1. The van der Waals surface area contributed by atoms with E-state index >= 15 is 0 Å². The fraction of sp³-hybridized carbons (Fsp3) is 0.533. The van der Waals surface area contributed by atoms with Crippen molar-refractivity contribution < 1.29 is 4.79 Å². The SMILES string of the molecule is CN(Cc1ccccc1)[C@H]1[C@H]2CC[C@@H]1C(=O)C2. The number of fused-ring (bicyclic) bond motifs is 2. The molecule has 0 spiro atoms. The van der Waals surface area contributed by atoms with E-state index in [0.717, 1.165) is 19.4 Å². The zero-order valence-corrected chi connectivity index (χ0v) is 10.3. The van der Waals surface area contributed by atoms with Crippen LogP contribution in [0.2, 0.25) is 0 Å². The van der Waals surface area contributed by atoms with Crippen LogP contribution in [0.3, 0.4) is 0 Å². The predicted molar refractivity (Wildman–Crippen MR) is 67.5 cm³/mol.